The molecule has 1 aliphatic heterocycles. The van der Waals surface area contributed by atoms with E-state index >= 15 is 0 Å². The van der Waals surface area contributed by atoms with Crippen molar-refractivity contribution in [3.05, 3.63) is 23.3 Å². The van der Waals surface area contributed by atoms with Gasteiger partial charge in [0, 0.05) is 31.6 Å². The van der Waals surface area contributed by atoms with Crippen molar-refractivity contribution in [3.63, 3.8) is 0 Å². The van der Waals surface area contributed by atoms with Gasteiger partial charge in [-0.1, -0.05) is 12.8 Å². The van der Waals surface area contributed by atoms with E-state index in [2.05, 4.69) is 9.97 Å². The molecule has 2 amide bonds. The summed E-state index contributed by atoms with van der Waals surface area (Å²) in [6.45, 7) is 3.33. The number of rotatable bonds is 4. The third kappa shape index (κ3) is 3.74. The molecule has 2 heterocycles. The first kappa shape index (κ1) is 16.9. The average molecular weight is 330 g/mol. The van der Waals surface area contributed by atoms with Crippen LogP contribution in [0.4, 0.5) is 0 Å². The number of hydrogen-bond acceptors (Lipinski definition) is 4. The smallest absolute Gasteiger partial charge is 0.252 e. The Balaban J connectivity index is 1.55. The lowest BCUT2D eigenvalue weighted by atomic mass is 9.94. The van der Waals surface area contributed by atoms with Crippen LogP contribution in [0.25, 0.3) is 0 Å². The second kappa shape index (κ2) is 7.28. The molecular weight excluding hydrogens is 304 g/mol. The number of carbonyl (C=O) groups excluding carboxylic acids is 2. The molecule has 0 radical (unpaired) electrons. The normalized spacial score (nSPS) is 19.6. The molecule has 6 nitrogen and oxygen atoms in total. The molecule has 0 bridgehead atoms. The Kier molecular flexibility index (Phi) is 5.11. The van der Waals surface area contributed by atoms with E-state index in [0.717, 1.165) is 31.8 Å². The highest BCUT2D eigenvalue weighted by Gasteiger charge is 2.28. The topological polar surface area (TPSA) is 89.2 Å². The SMILES string of the molecule is Cc1nc(C2CCN(C(=O)CC3CCCC3)CC2)ncc1C(N)=O. The van der Waals surface area contributed by atoms with Crippen LogP contribution in [-0.2, 0) is 4.79 Å². The van der Waals surface area contributed by atoms with Crippen molar-refractivity contribution in [3.8, 4) is 0 Å². The number of amides is 2. The molecule has 1 aliphatic carbocycles. The Morgan fingerprint density at radius 1 is 1.21 bits per heavy atom. The van der Waals surface area contributed by atoms with Gasteiger partial charge >= 0.3 is 0 Å². The zero-order valence-corrected chi connectivity index (χ0v) is 14.3. The van der Waals surface area contributed by atoms with Crippen LogP contribution < -0.4 is 5.73 Å². The zero-order valence-electron chi connectivity index (χ0n) is 14.3. The van der Waals surface area contributed by atoms with Gasteiger partial charge < -0.3 is 10.6 Å². The number of carbonyl (C=O) groups is 2. The van der Waals surface area contributed by atoms with Crippen LogP contribution in [0.3, 0.4) is 0 Å². The van der Waals surface area contributed by atoms with Crippen LogP contribution in [0.2, 0.25) is 0 Å². The van der Waals surface area contributed by atoms with Gasteiger partial charge in [0.15, 0.2) is 0 Å². The number of likely N-dealkylation sites (tertiary alicyclic amines) is 1. The average Bonchev–Trinajstić information content (AvgIpc) is 3.07. The number of piperidine rings is 1. The van der Waals surface area contributed by atoms with Crippen LogP contribution in [0.15, 0.2) is 6.20 Å². The monoisotopic (exact) mass is 330 g/mol. The molecule has 3 rings (SSSR count). The fraction of sp³-hybridized carbons (Fsp3) is 0.667. The highest BCUT2D eigenvalue weighted by molar-refractivity contribution is 5.93. The Labute approximate surface area is 142 Å². The molecule has 2 N–H and O–H groups in total. The third-order valence-corrected chi connectivity index (χ3v) is 5.41. The Morgan fingerprint density at radius 2 is 1.88 bits per heavy atom. The minimum atomic E-state index is -0.494. The van der Waals surface area contributed by atoms with Crippen molar-refractivity contribution in [2.75, 3.05) is 13.1 Å². The minimum Gasteiger partial charge on any atom is -0.365 e. The highest BCUT2D eigenvalue weighted by Crippen LogP contribution is 2.30. The van der Waals surface area contributed by atoms with Crippen LogP contribution in [0.5, 0.6) is 0 Å². The molecular formula is C18H26N4O2. The Bertz CT molecular complexity index is 617. The quantitative estimate of drug-likeness (QED) is 0.916. The Hall–Kier alpha value is -1.98. The summed E-state index contributed by atoms with van der Waals surface area (Å²) < 4.78 is 0. The number of primary amides is 1. The van der Waals surface area contributed by atoms with Gasteiger partial charge in [0.1, 0.15) is 5.82 Å². The predicted molar refractivity (Wildman–Crippen MR) is 90.4 cm³/mol. The number of nitrogens with zero attached hydrogens (tertiary/aromatic N) is 3. The molecule has 0 spiro atoms. The number of hydrogen-bond donors (Lipinski definition) is 1. The van der Waals surface area contributed by atoms with Gasteiger partial charge in [0.25, 0.3) is 5.91 Å². The molecule has 0 unspecified atom stereocenters. The van der Waals surface area contributed by atoms with Crippen molar-refractivity contribution < 1.29 is 9.59 Å². The summed E-state index contributed by atoms with van der Waals surface area (Å²) in [6.07, 6.45) is 8.97. The summed E-state index contributed by atoms with van der Waals surface area (Å²) in [7, 11) is 0. The van der Waals surface area contributed by atoms with E-state index in [1.54, 1.807) is 6.92 Å². The summed E-state index contributed by atoms with van der Waals surface area (Å²) >= 11 is 0. The number of aromatic nitrogens is 2. The molecule has 1 saturated heterocycles. The van der Waals surface area contributed by atoms with E-state index in [1.807, 2.05) is 4.90 Å². The zero-order chi connectivity index (χ0) is 17.1. The molecule has 0 atom stereocenters. The summed E-state index contributed by atoms with van der Waals surface area (Å²) in [5.41, 5.74) is 6.31. The lowest BCUT2D eigenvalue weighted by molar-refractivity contribution is -0.133. The summed E-state index contributed by atoms with van der Waals surface area (Å²) in [4.78, 5) is 34.5. The summed E-state index contributed by atoms with van der Waals surface area (Å²) in [6, 6.07) is 0. The van der Waals surface area contributed by atoms with Crippen LogP contribution in [0, 0.1) is 12.8 Å². The summed E-state index contributed by atoms with van der Waals surface area (Å²) in [5.74, 6) is 1.43. The maximum Gasteiger partial charge on any atom is 0.252 e. The van der Waals surface area contributed by atoms with E-state index in [4.69, 9.17) is 5.73 Å². The maximum absolute atomic E-state index is 12.4. The predicted octanol–water partition coefficient (Wildman–Crippen LogP) is 2.17. The molecule has 24 heavy (non-hydrogen) atoms. The van der Waals surface area contributed by atoms with E-state index < -0.39 is 5.91 Å². The maximum atomic E-state index is 12.4. The third-order valence-electron chi connectivity index (χ3n) is 5.41. The van der Waals surface area contributed by atoms with E-state index in [1.165, 1.54) is 31.9 Å². The molecule has 6 heteroatoms. The molecule has 130 valence electrons. The van der Waals surface area contributed by atoms with Crippen LogP contribution in [0.1, 0.15) is 72.7 Å². The number of nitrogens with two attached hydrogens (primary N) is 1. The first-order valence-corrected chi connectivity index (χ1v) is 8.95. The van der Waals surface area contributed by atoms with Gasteiger partial charge in [-0.2, -0.15) is 0 Å². The van der Waals surface area contributed by atoms with Crippen molar-refractivity contribution >= 4 is 11.8 Å². The molecule has 1 saturated carbocycles. The minimum absolute atomic E-state index is 0.251. The summed E-state index contributed by atoms with van der Waals surface area (Å²) in [5, 5.41) is 0. The molecule has 1 aromatic heterocycles. The first-order valence-electron chi connectivity index (χ1n) is 8.95. The molecule has 2 aliphatic rings. The van der Waals surface area contributed by atoms with Crippen molar-refractivity contribution in [2.24, 2.45) is 11.7 Å². The first-order chi connectivity index (χ1) is 11.5. The van der Waals surface area contributed by atoms with Gasteiger partial charge in [0.05, 0.1) is 11.3 Å². The lowest BCUT2D eigenvalue weighted by Gasteiger charge is -2.32. The van der Waals surface area contributed by atoms with Crippen LogP contribution >= 0.6 is 0 Å². The molecule has 0 aromatic carbocycles. The number of aryl methyl sites for hydroxylation is 1. The van der Waals surface area contributed by atoms with Crippen molar-refractivity contribution in [1.29, 1.82) is 0 Å². The fourth-order valence-electron chi connectivity index (χ4n) is 3.90. The van der Waals surface area contributed by atoms with Crippen LogP contribution in [-0.4, -0.2) is 39.8 Å². The molecule has 1 aromatic rings. The van der Waals surface area contributed by atoms with Crippen molar-refractivity contribution in [2.45, 2.75) is 57.8 Å². The second-order valence-corrected chi connectivity index (χ2v) is 7.10. The van der Waals surface area contributed by atoms with E-state index in [0.29, 0.717) is 29.5 Å². The van der Waals surface area contributed by atoms with Gasteiger partial charge in [-0.25, -0.2) is 9.97 Å². The standard InChI is InChI=1S/C18H26N4O2/c1-12-15(17(19)24)11-20-18(21-12)14-6-8-22(9-7-14)16(23)10-13-4-2-3-5-13/h11,13-14H,2-10H2,1H3,(H2,19,24). The van der Waals surface area contributed by atoms with E-state index in [-0.39, 0.29) is 5.92 Å². The second-order valence-electron chi connectivity index (χ2n) is 7.10. The van der Waals surface area contributed by atoms with Crippen molar-refractivity contribution in [1.82, 2.24) is 14.9 Å². The fourth-order valence-corrected chi connectivity index (χ4v) is 3.90. The lowest BCUT2D eigenvalue weighted by Crippen LogP contribution is -2.38. The Morgan fingerprint density at radius 3 is 2.46 bits per heavy atom. The highest BCUT2D eigenvalue weighted by atomic mass is 16.2. The van der Waals surface area contributed by atoms with Gasteiger partial charge in [-0.05, 0) is 38.5 Å². The van der Waals surface area contributed by atoms with Gasteiger partial charge in [-0.15, -0.1) is 0 Å². The molecule has 2 fully saturated rings. The van der Waals surface area contributed by atoms with Gasteiger partial charge in [0.2, 0.25) is 5.91 Å². The largest absolute Gasteiger partial charge is 0.365 e. The van der Waals surface area contributed by atoms with E-state index in [9.17, 15) is 9.59 Å². The van der Waals surface area contributed by atoms with Gasteiger partial charge in [-0.3, -0.25) is 9.59 Å².